The summed E-state index contributed by atoms with van der Waals surface area (Å²) >= 11 is 4.24. The summed E-state index contributed by atoms with van der Waals surface area (Å²) in [6.45, 7) is 24.2. The van der Waals surface area contributed by atoms with Crippen molar-refractivity contribution >= 4 is 48.8 Å². The number of nitrogens with zero attached hydrogens (tertiary/aromatic N) is 2. The van der Waals surface area contributed by atoms with Crippen LogP contribution in [0, 0.1) is 0 Å². The number of nitrogens with one attached hydrogen (secondary N) is 1. The van der Waals surface area contributed by atoms with Crippen LogP contribution in [0.25, 0.3) is 0 Å². The van der Waals surface area contributed by atoms with Gasteiger partial charge in [-0.15, -0.1) is 0 Å². The molecule has 3 rings (SSSR count). The average molecular weight is 635 g/mol. The van der Waals surface area contributed by atoms with Crippen molar-refractivity contribution in [3.63, 3.8) is 0 Å². The van der Waals surface area contributed by atoms with Crippen LogP contribution in [0.3, 0.4) is 0 Å². The minimum Gasteiger partial charge on any atom is -0.474 e. The average Bonchev–Trinajstić information content (AvgIpc) is 3.03. The quantitative estimate of drug-likeness (QED) is 0.306. The molecule has 0 aliphatic carbocycles. The van der Waals surface area contributed by atoms with Crippen molar-refractivity contribution in [3.05, 3.63) is 11.5 Å². The van der Waals surface area contributed by atoms with Gasteiger partial charge in [-0.2, -0.15) is 0 Å². The Morgan fingerprint density at radius 2 is 1.45 bits per heavy atom. The Kier molecular flexibility index (Phi) is 11.5. The molecule has 1 N–H and O–H groups in total. The van der Waals surface area contributed by atoms with Crippen LogP contribution in [-0.4, -0.2) is 40.8 Å². The van der Waals surface area contributed by atoms with Crippen molar-refractivity contribution in [2.75, 3.05) is 0 Å². The van der Waals surface area contributed by atoms with Crippen molar-refractivity contribution in [3.8, 4) is 0 Å². The number of aliphatic imine (C=N–C) groups is 2. The van der Waals surface area contributed by atoms with E-state index in [-0.39, 0.29) is 29.2 Å². The predicted molar refractivity (Wildman–Crippen MR) is 140 cm³/mol. The van der Waals surface area contributed by atoms with E-state index in [1.165, 1.54) is 0 Å². The summed E-state index contributed by atoms with van der Waals surface area (Å²) in [5, 5.41) is 3.12. The fraction of sp³-hybridized carbons (Fsp3) is 0.810. The number of hydrogen-bond donors (Lipinski definition) is 1. The number of halogens is 2. The topological polar surface area (TPSA) is 64.4 Å². The van der Waals surface area contributed by atoms with Gasteiger partial charge in [0.15, 0.2) is 12.1 Å². The lowest BCUT2D eigenvalue weighted by Crippen LogP contribution is -2.41. The molecular formula is C21H39I2N3O3. The van der Waals surface area contributed by atoms with Crippen molar-refractivity contribution in [1.29, 1.82) is 0 Å². The molecule has 170 valence electrons. The second kappa shape index (κ2) is 11.5. The van der Waals surface area contributed by atoms with Crippen LogP contribution >= 0.6 is 37.2 Å². The van der Waals surface area contributed by atoms with Gasteiger partial charge in [0, 0.05) is 55.6 Å². The second-order valence-electron chi connectivity index (χ2n) is 8.83. The van der Waals surface area contributed by atoms with Crippen LogP contribution in [0.15, 0.2) is 21.4 Å². The van der Waals surface area contributed by atoms with Crippen LogP contribution in [0.1, 0.15) is 83.1 Å². The molecule has 0 radical (unpaired) electrons. The zero-order valence-corrected chi connectivity index (χ0v) is 24.3. The number of ether oxygens (including phenoxy) is 3. The summed E-state index contributed by atoms with van der Waals surface area (Å²) in [6.07, 6.45) is 0.231. The van der Waals surface area contributed by atoms with Crippen LogP contribution in [-0.2, 0) is 14.2 Å². The lowest BCUT2D eigenvalue weighted by molar-refractivity contribution is 0.00770. The molecule has 3 aliphatic rings. The first-order valence-corrected chi connectivity index (χ1v) is 16.1. The number of allylic oxidation sites excluding steroid dienone is 2. The Labute approximate surface area is 201 Å². The van der Waals surface area contributed by atoms with Gasteiger partial charge in [-0.05, 0) is 76.2 Å². The molecule has 0 amide bonds. The summed E-state index contributed by atoms with van der Waals surface area (Å²) < 4.78 is 16.2. The smallest absolute Gasteiger partial charge is 0.181 e. The van der Waals surface area contributed by atoms with Crippen molar-refractivity contribution in [2.45, 2.75) is 112 Å². The molecular weight excluding hydrogens is 596 g/mol. The largest absolute Gasteiger partial charge is 0.474 e. The molecule has 0 saturated heterocycles. The summed E-state index contributed by atoms with van der Waals surface area (Å²) in [6, 6.07) is 0. The third kappa shape index (κ3) is 8.88. The zero-order chi connectivity index (χ0) is 23.2. The van der Waals surface area contributed by atoms with Crippen molar-refractivity contribution < 1.29 is 14.2 Å². The van der Waals surface area contributed by atoms with Gasteiger partial charge >= 0.3 is 0 Å². The molecule has 0 fully saturated rings. The van der Waals surface area contributed by atoms with Gasteiger partial charge in [0.1, 0.15) is 23.2 Å². The molecule has 6 nitrogen and oxygen atoms in total. The molecule has 3 heterocycles. The third-order valence-corrected chi connectivity index (χ3v) is 5.33. The van der Waals surface area contributed by atoms with E-state index < -0.39 is 0 Å². The van der Waals surface area contributed by atoms with Gasteiger partial charge in [0.05, 0.1) is 5.54 Å². The third-order valence-electron chi connectivity index (χ3n) is 5.33. The van der Waals surface area contributed by atoms with Gasteiger partial charge in [-0.25, -0.2) is 4.99 Å². The monoisotopic (exact) mass is 635 g/mol. The van der Waals surface area contributed by atoms with Gasteiger partial charge in [-0.3, -0.25) is 4.99 Å². The molecule has 0 aromatic carbocycles. The fourth-order valence-electron chi connectivity index (χ4n) is 2.80. The minimum absolute atomic E-state index is 0.0556. The molecule has 0 spiro atoms. The molecule has 0 aromatic heterocycles. The van der Waals surface area contributed by atoms with Gasteiger partial charge in [0.2, 0.25) is 0 Å². The van der Waals surface area contributed by atoms with Crippen LogP contribution in [0.4, 0.5) is 0 Å². The van der Waals surface area contributed by atoms with Gasteiger partial charge in [0.25, 0.3) is 0 Å². The van der Waals surface area contributed by atoms with Crippen LogP contribution < -0.4 is 5.32 Å². The highest BCUT2D eigenvalue weighted by Crippen LogP contribution is 2.34. The van der Waals surface area contributed by atoms with E-state index in [1.54, 1.807) is 0 Å². The molecule has 29 heavy (non-hydrogen) atoms. The highest BCUT2D eigenvalue weighted by molar-refractivity contribution is 15.0. The van der Waals surface area contributed by atoms with Crippen LogP contribution in [0.5, 0.6) is 0 Å². The van der Waals surface area contributed by atoms with Gasteiger partial charge in [-0.1, -0.05) is 0 Å². The van der Waals surface area contributed by atoms with E-state index in [2.05, 4.69) is 80.2 Å². The zero-order valence-electron chi connectivity index (χ0n) is 20.0. The normalized spacial score (nSPS) is 27.4. The van der Waals surface area contributed by atoms with E-state index in [9.17, 15) is 0 Å². The summed E-state index contributed by atoms with van der Waals surface area (Å²) in [5.74, 6) is 1.81. The molecule has 2 unspecified atom stereocenters. The predicted octanol–water partition coefficient (Wildman–Crippen LogP) is 6.57. The highest BCUT2D eigenvalue weighted by atomic mass is 128. The van der Waals surface area contributed by atoms with Gasteiger partial charge < -0.3 is 19.5 Å². The first-order chi connectivity index (χ1) is 13.1. The molecule has 2 atom stereocenters. The maximum atomic E-state index is 5.51. The summed E-state index contributed by atoms with van der Waals surface area (Å²) in [7, 11) is 0. The Morgan fingerprint density at radius 3 is 1.55 bits per heavy atom. The lowest BCUT2D eigenvalue weighted by Gasteiger charge is -2.30. The van der Waals surface area contributed by atoms with E-state index in [0.29, 0.717) is 0 Å². The SMILES string of the molecule is CC1=C(C)OC(C)N1.CC1=NC(C)(C)C(C)(C)O1.CC1=NC(C)OC1(C)C.II. The molecule has 8 heteroatoms. The van der Waals surface area contributed by atoms with E-state index >= 15 is 0 Å². The number of rotatable bonds is 0. The first kappa shape index (κ1) is 28.9. The maximum absolute atomic E-state index is 5.51. The van der Waals surface area contributed by atoms with E-state index in [0.717, 1.165) is 23.1 Å². The fourth-order valence-corrected chi connectivity index (χ4v) is 2.80. The summed E-state index contributed by atoms with van der Waals surface area (Å²) in [4.78, 5) is 8.60. The first-order valence-electron chi connectivity index (χ1n) is 9.80. The Bertz CT molecular complexity index is 627. The van der Waals surface area contributed by atoms with Crippen LogP contribution in [0.2, 0.25) is 0 Å². The van der Waals surface area contributed by atoms with E-state index in [4.69, 9.17) is 14.2 Å². The van der Waals surface area contributed by atoms with Crippen molar-refractivity contribution in [1.82, 2.24) is 5.32 Å². The highest BCUT2D eigenvalue weighted by Gasteiger charge is 2.43. The second-order valence-corrected chi connectivity index (χ2v) is 8.83. The Hall–Kier alpha value is -0.1000. The minimum atomic E-state index is -0.142. The Balaban J connectivity index is 0.000000390. The Morgan fingerprint density at radius 1 is 0.931 bits per heavy atom. The summed E-state index contributed by atoms with van der Waals surface area (Å²) in [5.41, 5.74) is 1.90. The molecule has 3 aliphatic heterocycles. The lowest BCUT2D eigenvalue weighted by atomic mass is 9.87. The molecule has 0 bridgehead atoms. The van der Waals surface area contributed by atoms with E-state index in [1.807, 2.05) is 55.4 Å². The number of hydrogen-bond acceptors (Lipinski definition) is 6. The standard InChI is InChI=1S/C8H15NO.C7H13NO.C6H11NO.I2/c1-6-9-7(2,3)8(4,5)10-6;1-5-7(3,4)9-6(2)8-5;1-4-5(2)8-6(3)7-4;1-2/h1-5H3;6H,1-4H3;6-7H,1-3H3;. The maximum Gasteiger partial charge on any atom is 0.181 e. The van der Waals surface area contributed by atoms with Crippen molar-refractivity contribution in [2.24, 2.45) is 9.98 Å². The molecule has 0 saturated carbocycles. The molecule has 0 aromatic rings.